The number of hydrogen-bond donors (Lipinski definition) is 1. The summed E-state index contributed by atoms with van der Waals surface area (Å²) in [7, 11) is 1.65. The van der Waals surface area contributed by atoms with Gasteiger partial charge in [0, 0.05) is 29.7 Å². The number of nitrogens with one attached hydrogen (secondary N) is 1. The topological polar surface area (TPSA) is 69.3 Å². The number of aryl methyl sites for hydroxylation is 2. The van der Waals surface area contributed by atoms with E-state index in [2.05, 4.69) is 40.7 Å². The molecule has 0 aliphatic carbocycles. The van der Waals surface area contributed by atoms with E-state index in [1.54, 1.807) is 18.1 Å². The van der Waals surface area contributed by atoms with Gasteiger partial charge in [-0.25, -0.2) is 14.6 Å². The third-order valence-corrected chi connectivity index (χ3v) is 5.22. The van der Waals surface area contributed by atoms with Gasteiger partial charge in [0.15, 0.2) is 5.65 Å². The van der Waals surface area contributed by atoms with Crippen LogP contribution in [0.4, 0.5) is 11.4 Å². The van der Waals surface area contributed by atoms with Gasteiger partial charge < -0.3 is 14.5 Å². The second-order valence-electron chi connectivity index (χ2n) is 7.34. The van der Waals surface area contributed by atoms with Crippen LogP contribution in [0.5, 0.6) is 5.75 Å². The van der Waals surface area contributed by atoms with Crippen molar-refractivity contribution < 1.29 is 4.74 Å². The third kappa shape index (κ3) is 3.50. The molecule has 3 heterocycles. The highest BCUT2D eigenvalue weighted by molar-refractivity contribution is 5.78. The molecule has 0 aliphatic heterocycles. The molecule has 0 spiro atoms. The summed E-state index contributed by atoms with van der Waals surface area (Å²) in [6.45, 7) is 3.96. The molecule has 0 radical (unpaired) electrons. The van der Waals surface area contributed by atoms with Crippen molar-refractivity contribution in [1.29, 1.82) is 0 Å². The van der Waals surface area contributed by atoms with Crippen molar-refractivity contribution in [3.05, 3.63) is 84.7 Å². The molecule has 154 valence electrons. The Morgan fingerprint density at radius 2 is 1.87 bits per heavy atom. The Bertz CT molecular complexity index is 1380. The maximum absolute atomic E-state index is 5.60. The molecule has 0 aliphatic rings. The number of benzene rings is 2. The van der Waals surface area contributed by atoms with Crippen LogP contribution in [0.25, 0.3) is 22.6 Å². The minimum atomic E-state index is 0.700. The zero-order chi connectivity index (χ0) is 21.4. The number of fused-ring (bicyclic) bond motifs is 1. The SMILES string of the molecule is COc1cc(Nc2cccn3cc(-c4ccccc4C)nc23)ccc1-n1cnc(C)n1. The first kappa shape index (κ1) is 18.9. The van der Waals surface area contributed by atoms with Gasteiger partial charge in [0.25, 0.3) is 0 Å². The Hall–Kier alpha value is -4.13. The van der Waals surface area contributed by atoms with Gasteiger partial charge in [0.1, 0.15) is 23.6 Å². The van der Waals surface area contributed by atoms with Crippen LogP contribution in [0.15, 0.2) is 73.3 Å². The van der Waals surface area contributed by atoms with E-state index < -0.39 is 0 Å². The normalized spacial score (nSPS) is 11.1. The highest BCUT2D eigenvalue weighted by Crippen LogP contribution is 2.30. The number of rotatable bonds is 5. The highest BCUT2D eigenvalue weighted by Gasteiger charge is 2.12. The molecule has 0 saturated heterocycles. The Morgan fingerprint density at radius 1 is 1.00 bits per heavy atom. The average molecular weight is 410 g/mol. The van der Waals surface area contributed by atoms with E-state index in [0.717, 1.165) is 34.0 Å². The summed E-state index contributed by atoms with van der Waals surface area (Å²) in [5.74, 6) is 1.41. The third-order valence-electron chi connectivity index (χ3n) is 5.22. The summed E-state index contributed by atoms with van der Waals surface area (Å²) in [6.07, 6.45) is 5.74. The van der Waals surface area contributed by atoms with Gasteiger partial charge in [-0.05, 0) is 43.7 Å². The molecule has 7 heteroatoms. The second-order valence-corrected chi connectivity index (χ2v) is 7.34. The van der Waals surface area contributed by atoms with Gasteiger partial charge in [-0.1, -0.05) is 24.3 Å². The fraction of sp³-hybridized carbons (Fsp3) is 0.125. The van der Waals surface area contributed by atoms with Crippen molar-refractivity contribution in [2.75, 3.05) is 12.4 Å². The molecule has 7 nitrogen and oxygen atoms in total. The van der Waals surface area contributed by atoms with Crippen molar-refractivity contribution >= 4 is 17.0 Å². The van der Waals surface area contributed by atoms with Crippen LogP contribution in [-0.2, 0) is 0 Å². The Balaban J connectivity index is 1.51. The van der Waals surface area contributed by atoms with Gasteiger partial charge in [0.05, 0.1) is 18.5 Å². The molecule has 2 aromatic carbocycles. The van der Waals surface area contributed by atoms with E-state index in [1.165, 1.54) is 5.56 Å². The molecule has 0 saturated carbocycles. The lowest BCUT2D eigenvalue weighted by atomic mass is 10.1. The van der Waals surface area contributed by atoms with E-state index >= 15 is 0 Å². The monoisotopic (exact) mass is 410 g/mol. The predicted octanol–water partition coefficient (Wildman–Crippen LogP) is 4.95. The number of hydrogen-bond acceptors (Lipinski definition) is 5. The average Bonchev–Trinajstić information content (AvgIpc) is 3.41. The molecule has 0 atom stereocenters. The lowest BCUT2D eigenvalue weighted by Crippen LogP contribution is -2.01. The van der Waals surface area contributed by atoms with Crippen molar-refractivity contribution in [1.82, 2.24) is 24.1 Å². The smallest absolute Gasteiger partial charge is 0.161 e. The zero-order valence-electron chi connectivity index (χ0n) is 17.6. The standard InChI is InChI=1S/C24H22N6O/c1-16-7-4-5-8-19(16)21-14-29-12-6-9-20(24(29)27-21)26-18-10-11-22(23(13-18)31-3)30-15-25-17(2)28-30/h4-15,26H,1-3H3. The first-order valence-corrected chi connectivity index (χ1v) is 10.00. The van der Waals surface area contributed by atoms with Gasteiger partial charge in [0.2, 0.25) is 0 Å². The largest absolute Gasteiger partial charge is 0.494 e. The van der Waals surface area contributed by atoms with Crippen LogP contribution < -0.4 is 10.1 Å². The molecular weight excluding hydrogens is 388 g/mol. The van der Waals surface area contributed by atoms with Gasteiger partial charge in [-0.3, -0.25) is 0 Å². The first-order chi connectivity index (χ1) is 15.1. The Morgan fingerprint density at radius 3 is 2.65 bits per heavy atom. The molecule has 0 unspecified atom stereocenters. The summed E-state index contributed by atoms with van der Waals surface area (Å²) < 4.78 is 9.35. The van der Waals surface area contributed by atoms with E-state index in [-0.39, 0.29) is 0 Å². The first-order valence-electron chi connectivity index (χ1n) is 10.00. The van der Waals surface area contributed by atoms with Crippen LogP contribution >= 0.6 is 0 Å². The molecule has 1 N–H and O–H groups in total. The summed E-state index contributed by atoms with van der Waals surface area (Å²) >= 11 is 0. The number of aromatic nitrogens is 5. The van der Waals surface area contributed by atoms with Crippen molar-refractivity contribution in [3.63, 3.8) is 0 Å². The van der Waals surface area contributed by atoms with Gasteiger partial charge in [-0.15, -0.1) is 0 Å². The maximum Gasteiger partial charge on any atom is 0.161 e. The summed E-state index contributed by atoms with van der Waals surface area (Å²) in [6, 6.07) is 18.2. The molecular formula is C24H22N6O. The molecule has 0 bridgehead atoms. The molecule has 5 aromatic rings. The van der Waals surface area contributed by atoms with Gasteiger partial charge in [-0.2, -0.15) is 5.10 Å². The molecule has 3 aromatic heterocycles. The van der Waals surface area contributed by atoms with E-state index in [1.807, 2.05) is 60.0 Å². The van der Waals surface area contributed by atoms with Crippen LogP contribution in [0.1, 0.15) is 11.4 Å². The van der Waals surface area contributed by atoms with Crippen LogP contribution in [-0.4, -0.2) is 31.3 Å². The minimum Gasteiger partial charge on any atom is -0.494 e. The fourth-order valence-corrected chi connectivity index (χ4v) is 3.66. The summed E-state index contributed by atoms with van der Waals surface area (Å²) in [5, 5.41) is 7.85. The number of nitrogens with zero attached hydrogens (tertiary/aromatic N) is 5. The van der Waals surface area contributed by atoms with Crippen LogP contribution in [0.3, 0.4) is 0 Å². The van der Waals surface area contributed by atoms with Crippen molar-refractivity contribution in [2.45, 2.75) is 13.8 Å². The van der Waals surface area contributed by atoms with E-state index in [0.29, 0.717) is 11.6 Å². The quantitative estimate of drug-likeness (QED) is 0.444. The second kappa shape index (κ2) is 7.60. The lowest BCUT2D eigenvalue weighted by Gasteiger charge is -2.12. The van der Waals surface area contributed by atoms with E-state index in [4.69, 9.17) is 9.72 Å². The van der Waals surface area contributed by atoms with Crippen molar-refractivity contribution in [3.8, 4) is 22.7 Å². The van der Waals surface area contributed by atoms with Gasteiger partial charge >= 0.3 is 0 Å². The lowest BCUT2D eigenvalue weighted by molar-refractivity contribution is 0.412. The van der Waals surface area contributed by atoms with Crippen LogP contribution in [0.2, 0.25) is 0 Å². The highest BCUT2D eigenvalue weighted by atomic mass is 16.5. The Kier molecular flexibility index (Phi) is 4.63. The summed E-state index contributed by atoms with van der Waals surface area (Å²) in [5.41, 5.74) is 6.77. The van der Waals surface area contributed by atoms with Crippen LogP contribution in [0, 0.1) is 13.8 Å². The molecule has 0 fully saturated rings. The number of ether oxygens (including phenoxy) is 1. The number of pyridine rings is 1. The number of imidazole rings is 1. The molecule has 31 heavy (non-hydrogen) atoms. The minimum absolute atomic E-state index is 0.700. The molecule has 5 rings (SSSR count). The van der Waals surface area contributed by atoms with Crippen molar-refractivity contribution in [2.24, 2.45) is 0 Å². The zero-order valence-corrected chi connectivity index (χ0v) is 17.6. The fourth-order valence-electron chi connectivity index (χ4n) is 3.66. The Labute approximate surface area is 180 Å². The molecule has 0 amide bonds. The number of anilines is 2. The number of methoxy groups -OCH3 is 1. The maximum atomic E-state index is 5.60. The predicted molar refractivity (Wildman–Crippen MR) is 121 cm³/mol. The summed E-state index contributed by atoms with van der Waals surface area (Å²) in [4.78, 5) is 9.09. The van der Waals surface area contributed by atoms with E-state index in [9.17, 15) is 0 Å².